The molecule has 18 heavy (non-hydrogen) atoms. The zero-order chi connectivity index (χ0) is 13.4. The molecule has 0 aromatic heterocycles. The van der Waals surface area contributed by atoms with Gasteiger partial charge in [-0.2, -0.15) is 0 Å². The van der Waals surface area contributed by atoms with Crippen LogP contribution in [0.5, 0.6) is 11.5 Å². The van der Waals surface area contributed by atoms with Crippen molar-refractivity contribution in [2.75, 3.05) is 20.3 Å². The minimum absolute atomic E-state index is 0.0267. The first-order chi connectivity index (χ1) is 8.69. The predicted molar refractivity (Wildman–Crippen MR) is 66.1 cm³/mol. The molecule has 1 aromatic carbocycles. The third-order valence-corrected chi connectivity index (χ3v) is 2.42. The number of hydrogen-bond acceptors (Lipinski definition) is 5. The summed E-state index contributed by atoms with van der Waals surface area (Å²) >= 11 is 0. The van der Waals surface area contributed by atoms with Gasteiger partial charge in [0.25, 0.3) is 5.69 Å². The van der Waals surface area contributed by atoms with Gasteiger partial charge in [0.15, 0.2) is 11.5 Å². The number of methoxy groups -OCH3 is 1. The van der Waals surface area contributed by atoms with E-state index in [0.29, 0.717) is 18.1 Å². The molecule has 0 atom stereocenters. The summed E-state index contributed by atoms with van der Waals surface area (Å²) in [6.07, 6.45) is 2.37. The van der Waals surface area contributed by atoms with Crippen LogP contribution >= 0.6 is 0 Å². The molecule has 0 heterocycles. The Kier molecular flexibility index (Phi) is 5.93. The average Bonchev–Trinajstić information content (AvgIpc) is 2.38. The fourth-order valence-corrected chi connectivity index (χ4v) is 1.46. The topological polar surface area (TPSA) is 81.8 Å². The van der Waals surface area contributed by atoms with Gasteiger partial charge in [-0.15, -0.1) is 0 Å². The Morgan fingerprint density at radius 1 is 1.28 bits per heavy atom. The van der Waals surface area contributed by atoms with E-state index in [1.807, 2.05) is 0 Å². The lowest BCUT2D eigenvalue weighted by molar-refractivity contribution is -0.385. The highest BCUT2D eigenvalue weighted by Gasteiger charge is 2.12. The lowest BCUT2D eigenvalue weighted by atomic mass is 10.2. The van der Waals surface area contributed by atoms with E-state index in [-0.39, 0.29) is 12.3 Å². The van der Waals surface area contributed by atoms with E-state index < -0.39 is 4.92 Å². The molecule has 0 aliphatic heterocycles. The van der Waals surface area contributed by atoms with Crippen molar-refractivity contribution in [3.8, 4) is 11.5 Å². The number of nitro benzene ring substituents is 1. The molecule has 0 saturated heterocycles. The Balaban J connectivity index is 2.61. The summed E-state index contributed by atoms with van der Waals surface area (Å²) in [5.74, 6) is 0.846. The number of nitro groups is 1. The van der Waals surface area contributed by atoms with E-state index in [1.165, 1.54) is 25.3 Å². The number of benzene rings is 1. The molecule has 0 amide bonds. The van der Waals surface area contributed by atoms with E-state index in [4.69, 9.17) is 14.6 Å². The molecule has 6 heteroatoms. The SMILES string of the molecule is COc1ccc([N+](=O)[O-])cc1OCCCCCO. The van der Waals surface area contributed by atoms with Crippen LogP contribution in [0, 0.1) is 10.1 Å². The predicted octanol–water partition coefficient (Wildman–Crippen LogP) is 2.14. The van der Waals surface area contributed by atoms with Crippen LogP contribution in [0.3, 0.4) is 0 Å². The molecule has 0 aliphatic rings. The van der Waals surface area contributed by atoms with E-state index >= 15 is 0 Å². The molecule has 0 radical (unpaired) electrons. The van der Waals surface area contributed by atoms with Gasteiger partial charge in [0.05, 0.1) is 24.7 Å². The maximum atomic E-state index is 10.6. The van der Waals surface area contributed by atoms with Gasteiger partial charge in [-0.25, -0.2) is 0 Å². The van der Waals surface area contributed by atoms with E-state index in [0.717, 1.165) is 19.3 Å². The van der Waals surface area contributed by atoms with Crippen LogP contribution in [0.1, 0.15) is 19.3 Å². The minimum Gasteiger partial charge on any atom is -0.493 e. The number of aliphatic hydroxyl groups excluding tert-OH is 1. The molecule has 0 fully saturated rings. The fraction of sp³-hybridized carbons (Fsp3) is 0.500. The Morgan fingerprint density at radius 2 is 2.06 bits per heavy atom. The largest absolute Gasteiger partial charge is 0.493 e. The van der Waals surface area contributed by atoms with E-state index in [1.54, 1.807) is 0 Å². The molecule has 1 rings (SSSR count). The third kappa shape index (κ3) is 4.21. The van der Waals surface area contributed by atoms with Crippen molar-refractivity contribution >= 4 is 5.69 Å². The van der Waals surface area contributed by atoms with E-state index in [2.05, 4.69) is 0 Å². The summed E-state index contributed by atoms with van der Waals surface area (Å²) in [5.41, 5.74) is -0.0267. The van der Waals surface area contributed by atoms with Gasteiger partial charge in [0.2, 0.25) is 0 Å². The summed E-state index contributed by atoms with van der Waals surface area (Å²) in [4.78, 5) is 10.2. The normalized spacial score (nSPS) is 10.1. The van der Waals surface area contributed by atoms with Gasteiger partial charge in [-0.05, 0) is 25.3 Å². The summed E-state index contributed by atoms with van der Waals surface area (Å²) in [6, 6.07) is 4.24. The number of non-ortho nitro benzene ring substituents is 1. The van der Waals surface area contributed by atoms with E-state index in [9.17, 15) is 10.1 Å². The van der Waals surface area contributed by atoms with Gasteiger partial charge in [-0.1, -0.05) is 0 Å². The van der Waals surface area contributed by atoms with Crippen LogP contribution in [0.4, 0.5) is 5.69 Å². The van der Waals surface area contributed by atoms with Crippen molar-refractivity contribution in [2.45, 2.75) is 19.3 Å². The van der Waals surface area contributed by atoms with Crippen molar-refractivity contribution in [1.29, 1.82) is 0 Å². The number of nitrogens with zero attached hydrogens (tertiary/aromatic N) is 1. The number of aliphatic hydroxyl groups is 1. The first-order valence-electron chi connectivity index (χ1n) is 5.75. The molecule has 1 aromatic rings. The fourth-order valence-electron chi connectivity index (χ4n) is 1.46. The Hall–Kier alpha value is -1.82. The Morgan fingerprint density at radius 3 is 2.67 bits per heavy atom. The highest BCUT2D eigenvalue weighted by Crippen LogP contribution is 2.31. The van der Waals surface area contributed by atoms with Crippen molar-refractivity contribution in [3.05, 3.63) is 28.3 Å². The highest BCUT2D eigenvalue weighted by molar-refractivity contribution is 5.48. The van der Waals surface area contributed by atoms with Crippen LogP contribution in [-0.4, -0.2) is 30.4 Å². The Bertz CT molecular complexity index is 394. The quantitative estimate of drug-likeness (QED) is 0.437. The van der Waals surface area contributed by atoms with Crippen LogP contribution in [0.2, 0.25) is 0 Å². The van der Waals surface area contributed by atoms with Crippen molar-refractivity contribution in [1.82, 2.24) is 0 Å². The molecular formula is C12H17NO5. The smallest absolute Gasteiger partial charge is 0.273 e. The molecule has 0 spiro atoms. The summed E-state index contributed by atoms with van der Waals surface area (Å²) in [7, 11) is 1.49. The minimum atomic E-state index is -0.474. The lowest BCUT2D eigenvalue weighted by Crippen LogP contribution is -2.00. The van der Waals surface area contributed by atoms with Crippen LogP contribution in [-0.2, 0) is 0 Å². The standard InChI is InChI=1S/C12H17NO5/c1-17-11-6-5-10(13(15)16)9-12(11)18-8-4-2-3-7-14/h5-6,9,14H,2-4,7-8H2,1H3. The van der Waals surface area contributed by atoms with Crippen LogP contribution < -0.4 is 9.47 Å². The zero-order valence-corrected chi connectivity index (χ0v) is 10.3. The molecule has 0 bridgehead atoms. The van der Waals surface area contributed by atoms with Crippen molar-refractivity contribution in [2.24, 2.45) is 0 Å². The Labute approximate surface area is 105 Å². The molecule has 0 aliphatic carbocycles. The second-order valence-electron chi connectivity index (χ2n) is 3.73. The first-order valence-corrected chi connectivity index (χ1v) is 5.75. The number of unbranched alkanes of at least 4 members (excludes halogenated alkanes) is 2. The van der Waals surface area contributed by atoms with Crippen LogP contribution in [0.25, 0.3) is 0 Å². The highest BCUT2D eigenvalue weighted by atomic mass is 16.6. The van der Waals surface area contributed by atoms with Gasteiger partial charge in [0, 0.05) is 12.7 Å². The van der Waals surface area contributed by atoms with Crippen molar-refractivity contribution < 1.29 is 19.5 Å². The maximum absolute atomic E-state index is 10.6. The number of ether oxygens (including phenoxy) is 2. The van der Waals surface area contributed by atoms with Crippen molar-refractivity contribution in [3.63, 3.8) is 0 Å². The number of hydrogen-bond donors (Lipinski definition) is 1. The average molecular weight is 255 g/mol. The second-order valence-corrected chi connectivity index (χ2v) is 3.73. The third-order valence-electron chi connectivity index (χ3n) is 2.42. The van der Waals surface area contributed by atoms with Gasteiger partial charge in [0.1, 0.15) is 0 Å². The molecule has 6 nitrogen and oxygen atoms in total. The molecular weight excluding hydrogens is 238 g/mol. The molecule has 1 N–H and O–H groups in total. The van der Waals surface area contributed by atoms with Crippen LogP contribution in [0.15, 0.2) is 18.2 Å². The molecule has 0 unspecified atom stereocenters. The second kappa shape index (κ2) is 7.50. The molecule has 0 saturated carbocycles. The summed E-state index contributed by atoms with van der Waals surface area (Å²) < 4.78 is 10.5. The first kappa shape index (κ1) is 14.2. The summed E-state index contributed by atoms with van der Waals surface area (Å²) in [6.45, 7) is 0.609. The molecule has 100 valence electrons. The zero-order valence-electron chi connectivity index (χ0n) is 10.3. The number of rotatable bonds is 8. The van der Waals surface area contributed by atoms with Gasteiger partial charge < -0.3 is 14.6 Å². The monoisotopic (exact) mass is 255 g/mol. The van der Waals surface area contributed by atoms with Gasteiger partial charge >= 0.3 is 0 Å². The maximum Gasteiger partial charge on any atom is 0.273 e. The van der Waals surface area contributed by atoms with Gasteiger partial charge in [-0.3, -0.25) is 10.1 Å². The summed E-state index contributed by atoms with van der Waals surface area (Å²) in [5, 5.41) is 19.3. The lowest BCUT2D eigenvalue weighted by Gasteiger charge is -2.10.